The van der Waals surface area contributed by atoms with E-state index in [9.17, 15) is 14.4 Å². The van der Waals surface area contributed by atoms with E-state index in [1.165, 1.54) is 0 Å². The minimum absolute atomic E-state index is 0.0276. The maximum Gasteiger partial charge on any atom is 0.341 e. The smallest absolute Gasteiger partial charge is 0.341 e. The van der Waals surface area contributed by atoms with Gasteiger partial charge in [0.15, 0.2) is 18.1 Å². The lowest BCUT2D eigenvalue weighted by Gasteiger charge is -2.14. The van der Waals surface area contributed by atoms with Gasteiger partial charge in [-0.15, -0.1) is 0 Å². The molecule has 1 aromatic carbocycles. The fourth-order valence-electron chi connectivity index (χ4n) is 2.80. The van der Waals surface area contributed by atoms with Gasteiger partial charge in [-0.05, 0) is 55.7 Å². The molecule has 0 heterocycles. The highest BCUT2D eigenvalue weighted by molar-refractivity contribution is 5.75. The molecule has 0 spiro atoms. The van der Waals surface area contributed by atoms with Crippen LogP contribution in [0.15, 0.2) is 30.4 Å². The molecule has 0 aliphatic rings. The zero-order valence-electron chi connectivity index (χ0n) is 19.0. The molecule has 32 heavy (non-hydrogen) atoms. The molecular formula is C24H35NO7. The van der Waals surface area contributed by atoms with Crippen molar-refractivity contribution in [3.05, 3.63) is 35.9 Å². The van der Waals surface area contributed by atoms with E-state index >= 15 is 0 Å². The Hall–Kier alpha value is -3.03. The normalized spacial score (nSPS) is 11.0. The van der Waals surface area contributed by atoms with Crippen LogP contribution >= 0.6 is 0 Å². The van der Waals surface area contributed by atoms with Gasteiger partial charge in [-0.1, -0.05) is 32.1 Å². The summed E-state index contributed by atoms with van der Waals surface area (Å²) in [6.07, 6.45) is 8.61. The lowest BCUT2D eigenvalue weighted by molar-refractivity contribution is -0.139. The fraction of sp³-hybridized carbons (Fsp3) is 0.542. The van der Waals surface area contributed by atoms with Gasteiger partial charge in [-0.3, -0.25) is 9.59 Å². The van der Waals surface area contributed by atoms with E-state index in [2.05, 4.69) is 31.3 Å². The van der Waals surface area contributed by atoms with E-state index in [1.807, 2.05) is 0 Å². The summed E-state index contributed by atoms with van der Waals surface area (Å²) in [5.41, 5.74) is 0.793. The summed E-state index contributed by atoms with van der Waals surface area (Å²) >= 11 is 0. The Morgan fingerprint density at radius 3 is 2.41 bits per heavy atom. The van der Waals surface area contributed by atoms with Crippen molar-refractivity contribution in [2.45, 2.75) is 65.3 Å². The molecule has 1 rings (SSSR count). The number of ether oxygens (including phenoxy) is 2. The molecule has 178 valence electrons. The van der Waals surface area contributed by atoms with Crippen LogP contribution in [0.2, 0.25) is 0 Å². The first-order valence-electron chi connectivity index (χ1n) is 11.0. The minimum Gasteiger partial charge on any atom is -0.490 e. The fourth-order valence-corrected chi connectivity index (χ4v) is 2.80. The Labute approximate surface area is 189 Å². The number of benzene rings is 1. The molecule has 0 fully saturated rings. The van der Waals surface area contributed by atoms with Gasteiger partial charge in [-0.25, -0.2) is 4.79 Å². The maximum absolute atomic E-state index is 12.1. The van der Waals surface area contributed by atoms with Gasteiger partial charge in [-0.2, -0.15) is 0 Å². The summed E-state index contributed by atoms with van der Waals surface area (Å²) in [6.45, 7) is 4.35. The Bertz CT molecular complexity index is 759. The number of hydrogen-bond acceptors (Lipinski definition) is 5. The second-order valence-corrected chi connectivity index (χ2v) is 7.86. The van der Waals surface area contributed by atoms with Crippen molar-refractivity contribution in [2.24, 2.45) is 5.92 Å². The number of rotatable bonds is 17. The van der Waals surface area contributed by atoms with E-state index in [0.29, 0.717) is 37.5 Å². The molecule has 1 aromatic rings. The quantitative estimate of drug-likeness (QED) is 0.241. The first kappa shape index (κ1) is 27.0. The summed E-state index contributed by atoms with van der Waals surface area (Å²) in [5.74, 6) is -0.799. The van der Waals surface area contributed by atoms with E-state index in [0.717, 1.165) is 24.8 Å². The zero-order chi connectivity index (χ0) is 23.8. The van der Waals surface area contributed by atoms with Crippen LogP contribution in [0.3, 0.4) is 0 Å². The molecule has 0 aromatic heterocycles. The van der Waals surface area contributed by atoms with Crippen molar-refractivity contribution in [3.8, 4) is 11.5 Å². The van der Waals surface area contributed by atoms with Gasteiger partial charge in [0, 0.05) is 19.4 Å². The van der Waals surface area contributed by atoms with E-state index in [1.54, 1.807) is 18.2 Å². The molecule has 0 radical (unpaired) electrons. The molecule has 3 N–H and O–H groups in total. The van der Waals surface area contributed by atoms with Crippen LogP contribution in [0.25, 0.3) is 0 Å². The third-order valence-corrected chi connectivity index (χ3v) is 4.44. The molecule has 0 bridgehead atoms. The molecule has 8 nitrogen and oxygen atoms in total. The number of carbonyl (C=O) groups is 3. The number of amides is 1. The number of aliphatic carboxylic acids is 2. The largest absolute Gasteiger partial charge is 0.490 e. The van der Waals surface area contributed by atoms with Gasteiger partial charge < -0.3 is 25.0 Å². The van der Waals surface area contributed by atoms with Crippen LogP contribution in [0.5, 0.6) is 11.5 Å². The Kier molecular flexibility index (Phi) is 13.3. The highest BCUT2D eigenvalue weighted by Gasteiger charge is 2.10. The third kappa shape index (κ3) is 13.3. The topological polar surface area (TPSA) is 122 Å². The van der Waals surface area contributed by atoms with Crippen LogP contribution in [-0.2, 0) is 20.9 Å². The molecule has 0 saturated heterocycles. The highest BCUT2D eigenvalue weighted by atomic mass is 16.5. The molecule has 0 unspecified atom stereocenters. The standard InChI is InChI=1S/C24H35NO7/c1-18(2)9-5-3-4-6-10-22(26)25-16-19-12-13-20(32-17-24(29)30)21(15-19)31-14-8-7-11-23(27)28/h5,9,12-13,15,18H,3-4,6-8,10-11,14,16-17H2,1-2H3,(H,25,26)(H,27,28)(H,29,30). The van der Waals surface area contributed by atoms with Crippen LogP contribution < -0.4 is 14.8 Å². The summed E-state index contributed by atoms with van der Waals surface area (Å²) < 4.78 is 11.0. The van der Waals surface area contributed by atoms with Crippen molar-refractivity contribution in [1.82, 2.24) is 5.32 Å². The van der Waals surface area contributed by atoms with Gasteiger partial charge >= 0.3 is 11.9 Å². The minimum atomic E-state index is -1.10. The van der Waals surface area contributed by atoms with E-state index in [4.69, 9.17) is 19.7 Å². The number of carboxylic acids is 2. The summed E-state index contributed by atoms with van der Waals surface area (Å²) in [7, 11) is 0. The van der Waals surface area contributed by atoms with Gasteiger partial charge in [0.05, 0.1) is 6.61 Å². The van der Waals surface area contributed by atoms with Gasteiger partial charge in [0.25, 0.3) is 0 Å². The molecule has 8 heteroatoms. The molecule has 0 aliphatic heterocycles. The molecule has 0 aliphatic carbocycles. The lowest BCUT2D eigenvalue weighted by Crippen LogP contribution is -2.22. The van der Waals surface area contributed by atoms with Crippen molar-refractivity contribution >= 4 is 17.8 Å². The molecule has 0 saturated carbocycles. The number of nitrogens with one attached hydrogen (secondary N) is 1. The SMILES string of the molecule is CC(C)C=CCCCCC(=O)NCc1ccc(OCC(=O)O)c(OCCCCC(=O)O)c1. The molecule has 0 atom stereocenters. The molecular weight excluding hydrogens is 414 g/mol. The van der Waals surface area contributed by atoms with Crippen molar-refractivity contribution in [2.75, 3.05) is 13.2 Å². The highest BCUT2D eigenvalue weighted by Crippen LogP contribution is 2.29. The monoisotopic (exact) mass is 449 g/mol. The predicted molar refractivity (Wildman–Crippen MR) is 121 cm³/mol. The number of carbonyl (C=O) groups excluding carboxylic acids is 1. The van der Waals surface area contributed by atoms with E-state index in [-0.39, 0.29) is 24.7 Å². The second-order valence-electron chi connectivity index (χ2n) is 7.86. The van der Waals surface area contributed by atoms with Crippen LogP contribution in [0.4, 0.5) is 0 Å². The number of hydrogen-bond donors (Lipinski definition) is 3. The Morgan fingerprint density at radius 1 is 0.969 bits per heavy atom. The summed E-state index contributed by atoms with van der Waals surface area (Å²) in [4.78, 5) is 33.5. The van der Waals surface area contributed by atoms with Crippen LogP contribution in [0, 0.1) is 5.92 Å². The molecule has 1 amide bonds. The first-order chi connectivity index (χ1) is 15.3. The van der Waals surface area contributed by atoms with Crippen LogP contribution in [-0.4, -0.2) is 41.3 Å². The van der Waals surface area contributed by atoms with Crippen LogP contribution in [0.1, 0.15) is 64.4 Å². The van der Waals surface area contributed by atoms with Crippen molar-refractivity contribution < 1.29 is 34.1 Å². The number of carboxylic acid groups (broad SMARTS) is 2. The van der Waals surface area contributed by atoms with Gasteiger partial charge in [0.1, 0.15) is 0 Å². The van der Waals surface area contributed by atoms with Gasteiger partial charge in [0.2, 0.25) is 5.91 Å². The Balaban J connectivity index is 2.53. The number of unbranched alkanes of at least 4 members (excludes halogenated alkanes) is 3. The predicted octanol–water partition coefficient (Wildman–Crippen LogP) is 4.17. The third-order valence-electron chi connectivity index (χ3n) is 4.44. The average molecular weight is 450 g/mol. The zero-order valence-corrected chi connectivity index (χ0v) is 19.0. The summed E-state index contributed by atoms with van der Waals surface area (Å²) in [5, 5.41) is 20.4. The first-order valence-corrected chi connectivity index (χ1v) is 11.0. The van der Waals surface area contributed by atoms with Crippen molar-refractivity contribution in [1.29, 1.82) is 0 Å². The number of allylic oxidation sites excluding steroid dienone is 2. The average Bonchev–Trinajstić information content (AvgIpc) is 2.73. The Morgan fingerprint density at radius 2 is 1.72 bits per heavy atom. The van der Waals surface area contributed by atoms with E-state index < -0.39 is 18.5 Å². The van der Waals surface area contributed by atoms with Crippen molar-refractivity contribution in [3.63, 3.8) is 0 Å². The maximum atomic E-state index is 12.1. The lowest BCUT2D eigenvalue weighted by atomic mass is 10.1. The second kappa shape index (κ2) is 15.7. The summed E-state index contributed by atoms with van der Waals surface area (Å²) in [6, 6.07) is 5.05.